The Bertz CT molecular complexity index is 618. The molecule has 0 radical (unpaired) electrons. The maximum Gasteiger partial charge on any atom is 0.344 e. The molecule has 0 fully saturated rings. The first-order valence-electron chi connectivity index (χ1n) is 7.21. The Morgan fingerprint density at radius 2 is 1.67 bits per heavy atom. The molecule has 24 heavy (non-hydrogen) atoms. The molecule has 0 unspecified atom stereocenters. The highest BCUT2D eigenvalue weighted by molar-refractivity contribution is 6.32. The molecule has 132 valence electrons. The van der Waals surface area contributed by atoms with Gasteiger partial charge in [0.1, 0.15) is 10.3 Å². The number of ether oxygens (including phenoxy) is 2. The van der Waals surface area contributed by atoms with Crippen molar-refractivity contribution in [1.82, 2.24) is 10.3 Å². The summed E-state index contributed by atoms with van der Waals surface area (Å²) in [5, 5.41) is 2.50. The molecular weight excluding hydrogens is 359 g/mol. The number of carbonyl (C=O) groups is 3. The summed E-state index contributed by atoms with van der Waals surface area (Å²) in [5.74, 6) is -2.48. The molecule has 0 aromatic carbocycles. The number of nitrogens with one attached hydrogen (secondary N) is 1. The van der Waals surface area contributed by atoms with Crippen LogP contribution in [0.2, 0.25) is 10.3 Å². The van der Waals surface area contributed by atoms with Gasteiger partial charge in [-0.3, -0.25) is 4.79 Å². The minimum atomic E-state index is -2.06. The Morgan fingerprint density at radius 1 is 1.12 bits per heavy atom. The number of amides is 1. The smallest absolute Gasteiger partial charge is 0.344 e. The van der Waals surface area contributed by atoms with Crippen molar-refractivity contribution in [3.63, 3.8) is 0 Å². The molecule has 9 heteroatoms. The van der Waals surface area contributed by atoms with Crippen molar-refractivity contribution < 1.29 is 23.9 Å². The van der Waals surface area contributed by atoms with E-state index in [2.05, 4.69) is 10.3 Å². The minimum Gasteiger partial charge on any atom is -0.464 e. The van der Waals surface area contributed by atoms with Crippen LogP contribution in [-0.4, -0.2) is 41.6 Å². The Morgan fingerprint density at radius 3 is 2.08 bits per heavy atom. The average molecular weight is 377 g/mol. The maximum atomic E-state index is 12.5. The minimum absolute atomic E-state index is 0.00539. The van der Waals surface area contributed by atoms with E-state index in [-0.39, 0.29) is 29.9 Å². The molecule has 1 amide bonds. The number of esters is 2. The van der Waals surface area contributed by atoms with Crippen LogP contribution in [0, 0.1) is 0 Å². The van der Waals surface area contributed by atoms with Crippen LogP contribution < -0.4 is 5.32 Å². The maximum absolute atomic E-state index is 12.5. The molecule has 0 aliphatic heterocycles. The molecular formula is C15H18Cl2N2O5. The molecule has 1 N–H and O–H groups in total. The number of rotatable bonds is 7. The monoisotopic (exact) mass is 376 g/mol. The third-order valence-electron chi connectivity index (χ3n) is 2.98. The zero-order valence-corrected chi connectivity index (χ0v) is 15.0. The molecule has 0 saturated carbocycles. The van der Waals surface area contributed by atoms with E-state index in [1.807, 2.05) is 0 Å². The standard InChI is InChI=1S/C15H18Cl2N2O5/c1-4-23-13(21)15(19-9(3)20,14(22)24-5-2)8-10-6-7-11(16)18-12(10)17/h6-7H,4-5,8H2,1-3H3,(H,19,20). The van der Waals surface area contributed by atoms with E-state index in [1.165, 1.54) is 19.1 Å². The van der Waals surface area contributed by atoms with Crippen molar-refractivity contribution in [1.29, 1.82) is 0 Å². The third-order valence-corrected chi connectivity index (χ3v) is 3.52. The number of hydrogen-bond acceptors (Lipinski definition) is 6. The van der Waals surface area contributed by atoms with Gasteiger partial charge in [-0.25, -0.2) is 14.6 Å². The van der Waals surface area contributed by atoms with Crippen LogP contribution in [0.4, 0.5) is 0 Å². The second-order valence-corrected chi connectivity index (χ2v) is 5.53. The number of hydrogen-bond donors (Lipinski definition) is 1. The summed E-state index contributed by atoms with van der Waals surface area (Å²) in [5.41, 5.74) is -1.73. The van der Waals surface area contributed by atoms with E-state index in [0.29, 0.717) is 5.56 Å². The predicted molar refractivity (Wildman–Crippen MR) is 87.8 cm³/mol. The zero-order valence-electron chi connectivity index (χ0n) is 13.5. The van der Waals surface area contributed by atoms with Crippen molar-refractivity contribution in [2.24, 2.45) is 0 Å². The van der Waals surface area contributed by atoms with E-state index in [9.17, 15) is 14.4 Å². The molecule has 1 aromatic heterocycles. The SMILES string of the molecule is CCOC(=O)C(Cc1ccc(Cl)nc1Cl)(NC(C)=O)C(=O)OCC. The van der Waals surface area contributed by atoms with Crippen LogP contribution in [-0.2, 0) is 30.3 Å². The van der Waals surface area contributed by atoms with Gasteiger partial charge in [-0.1, -0.05) is 29.3 Å². The quantitative estimate of drug-likeness (QED) is 0.443. The summed E-state index contributed by atoms with van der Waals surface area (Å²) in [6.45, 7) is 4.38. The van der Waals surface area contributed by atoms with Crippen LogP contribution in [0.3, 0.4) is 0 Å². The molecule has 1 heterocycles. The van der Waals surface area contributed by atoms with Gasteiger partial charge in [-0.2, -0.15) is 0 Å². The zero-order chi connectivity index (χ0) is 18.3. The van der Waals surface area contributed by atoms with Gasteiger partial charge < -0.3 is 14.8 Å². The summed E-state index contributed by atoms with van der Waals surface area (Å²) >= 11 is 11.8. The van der Waals surface area contributed by atoms with Crippen molar-refractivity contribution >= 4 is 41.0 Å². The van der Waals surface area contributed by atoms with Gasteiger partial charge in [0.2, 0.25) is 11.4 Å². The highest BCUT2D eigenvalue weighted by Crippen LogP contribution is 2.24. The number of halogens is 2. The summed E-state index contributed by atoms with van der Waals surface area (Å²) in [6.07, 6.45) is -0.284. The molecule has 0 bridgehead atoms. The fourth-order valence-corrected chi connectivity index (χ4v) is 2.45. The van der Waals surface area contributed by atoms with E-state index < -0.39 is 23.4 Å². The first kappa shape index (κ1) is 20.2. The van der Waals surface area contributed by atoms with E-state index >= 15 is 0 Å². The summed E-state index contributed by atoms with van der Waals surface area (Å²) in [6, 6.07) is 2.96. The highest BCUT2D eigenvalue weighted by atomic mass is 35.5. The highest BCUT2D eigenvalue weighted by Gasteiger charge is 2.50. The number of pyridine rings is 1. The second kappa shape index (κ2) is 8.84. The lowest BCUT2D eigenvalue weighted by Gasteiger charge is -2.29. The Hall–Kier alpha value is -1.86. The molecule has 0 saturated heterocycles. The van der Waals surface area contributed by atoms with Crippen molar-refractivity contribution in [2.75, 3.05) is 13.2 Å². The van der Waals surface area contributed by atoms with Crippen LogP contribution >= 0.6 is 23.2 Å². The van der Waals surface area contributed by atoms with E-state index in [4.69, 9.17) is 32.7 Å². The number of aromatic nitrogens is 1. The summed E-state index contributed by atoms with van der Waals surface area (Å²) < 4.78 is 9.94. The topological polar surface area (TPSA) is 94.6 Å². The van der Waals surface area contributed by atoms with Gasteiger partial charge in [-0.15, -0.1) is 0 Å². The summed E-state index contributed by atoms with van der Waals surface area (Å²) in [7, 11) is 0. The number of nitrogens with zero attached hydrogens (tertiary/aromatic N) is 1. The third kappa shape index (κ3) is 4.82. The first-order chi connectivity index (χ1) is 11.3. The molecule has 1 aromatic rings. The Balaban J connectivity index is 3.38. The largest absolute Gasteiger partial charge is 0.464 e. The lowest BCUT2D eigenvalue weighted by molar-refractivity contribution is -0.168. The molecule has 7 nitrogen and oxygen atoms in total. The van der Waals surface area contributed by atoms with Crippen LogP contribution in [0.1, 0.15) is 26.3 Å². The normalized spacial score (nSPS) is 10.9. The number of carbonyl (C=O) groups excluding carboxylic acids is 3. The van der Waals surface area contributed by atoms with Crippen molar-refractivity contribution in [3.05, 3.63) is 28.0 Å². The fourth-order valence-electron chi connectivity index (χ4n) is 2.04. The van der Waals surface area contributed by atoms with Crippen LogP contribution in [0.15, 0.2) is 12.1 Å². The lowest BCUT2D eigenvalue weighted by Crippen LogP contribution is -2.62. The van der Waals surface area contributed by atoms with Gasteiger partial charge in [0.25, 0.3) is 0 Å². The van der Waals surface area contributed by atoms with Gasteiger partial charge in [-0.05, 0) is 25.5 Å². The van der Waals surface area contributed by atoms with Crippen molar-refractivity contribution in [3.8, 4) is 0 Å². The molecule has 1 rings (SSSR count). The molecule has 0 aliphatic rings. The Labute approximate surface area is 149 Å². The Kier molecular flexibility index (Phi) is 7.44. The van der Waals surface area contributed by atoms with Gasteiger partial charge in [0.15, 0.2) is 0 Å². The van der Waals surface area contributed by atoms with E-state index in [0.717, 1.165) is 0 Å². The lowest BCUT2D eigenvalue weighted by atomic mass is 9.91. The molecule has 0 spiro atoms. The fraction of sp³-hybridized carbons (Fsp3) is 0.467. The average Bonchev–Trinajstić information content (AvgIpc) is 2.49. The molecule has 0 aliphatic carbocycles. The van der Waals surface area contributed by atoms with Crippen LogP contribution in [0.5, 0.6) is 0 Å². The van der Waals surface area contributed by atoms with Crippen LogP contribution in [0.25, 0.3) is 0 Å². The first-order valence-corrected chi connectivity index (χ1v) is 7.96. The van der Waals surface area contributed by atoms with Gasteiger partial charge in [0, 0.05) is 13.3 Å². The van der Waals surface area contributed by atoms with Gasteiger partial charge in [0.05, 0.1) is 13.2 Å². The van der Waals surface area contributed by atoms with E-state index in [1.54, 1.807) is 13.8 Å². The summed E-state index contributed by atoms with van der Waals surface area (Å²) in [4.78, 5) is 40.4. The second-order valence-electron chi connectivity index (χ2n) is 4.79. The van der Waals surface area contributed by atoms with Gasteiger partial charge >= 0.3 is 11.9 Å². The van der Waals surface area contributed by atoms with Crippen molar-refractivity contribution in [2.45, 2.75) is 32.7 Å². The molecule has 0 atom stereocenters. The predicted octanol–water partition coefficient (Wildman–Crippen LogP) is 1.93.